The van der Waals surface area contributed by atoms with Gasteiger partial charge in [-0.1, -0.05) is 89.3 Å². The van der Waals surface area contributed by atoms with Gasteiger partial charge < -0.3 is 14.2 Å². The first kappa shape index (κ1) is 35.1. The maximum Gasteiger partial charge on any atom is 0.161 e. The molecule has 232 valence electrons. The lowest BCUT2D eigenvalue weighted by Gasteiger charge is -2.28. The van der Waals surface area contributed by atoms with E-state index in [0.717, 1.165) is 56.3 Å². The molecule has 2 rings (SSSR count). The Balaban J connectivity index is 2.04. The summed E-state index contributed by atoms with van der Waals surface area (Å²) in [6.45, 7) is 2.27. The molecule has 0 N–H and O–H groups in total. The molecule has 0 aliphatic heterocycles. The molecule has 0 amide bonds. The third-order valence-corrected chi connectivity index (χ3v) is 8.43. The van der Waals surface area contributed by atoms with E-state index in [1.54, 1.807) is 28.4 Å². The third-order valence-electron chi connectivity index (χ3n) is 8.43. The summed E-state index contributed by atoms with van der Waals surface area (Å²) < 4.78 is 16.5. The van der Waals surface area contributed by atoms with Crippen molar-refractivity contribution in [1.29, 1.82) is 5.26 Å². The molecule has 6 nitrogen and oxygen atoms in total. The van der Waals surface area contributed by atoms with Crippen molar-refractivity contribution in [3.63, 3.8) is 0 Å². The molecule has 6 heteroatoms. The van der Waals surface area contributed by atoms with Crippen LogP contribution < -0.4 is 14.2 Å². The number of ether oxygens (including phenoxy) is 3. The molecule has 0 spiro atoms. The molecule has 0 radical (unpaired) electrons. The van der Waals surface area contributed by atoms with Gasteiger partial charge in [0, 0.05) is 7.05 Å². The largest absolute Gasteiger partial charge is 0.497 e. The summed E-state index contributed by atoms with van der Waals surface area (Å²) >= 11 is 0. The zero-order valence-corrected chi connectivity index (χ0v) is 27.0. The van der Waals surface area contributed by atoms with Gasteiger partial charge in [0.15, 0.2) is 11.5 Å². The number of benzene rings is 2. The van der Waals surface area contributed by atoms with E-state index in [0.29, 0.717) is 11.5 Å². The van der Waals surface area contributed by atoms with Crippen molar-refractivity contribution in [2.45, 2.75) is 121 Å². The minimum absolute atomic E-state index is 0.125. The highest BCUT2D eigenvalue weighted by molar-refractivity contribution is 5.47. The Morgan fingerprint density at radius 2 is 1.43 bits per heavy atom. The Hall–Kier alpha value is -3.07. The molecular formula is C36H55N3O3. The number of methoxy groups -OCH3 is 3. The minimum atomic E-state index is -0.569. The summed E-state index contributed by atoms with van der Waals surface area (Å²) in [7, 11) is 6.74. The average molecular weight is 578 g/mol. The maximum absolute atomic E-state index is 10.7. The second-order valence-electron chi connectivity index (χ2n) is 11.4. The van der Waals surface area contributed by atoms with Crippen LogP contribution in [0.25, 0.3) is 0 Å². The average Bonchev–Trinajstić information content (AvgIpc) is 3.03. The SMILES string of the molecule is CCCCCCCCCCCCC(C#N)(CCCC(CCc1cccc(OC)c1)N=NC)c1ccc(OC)c(OC)c1. The number of azo groups is 1. The van der Waals surface area contributed by atoms with Gasteiger partial charge in [0.1, 0.15) is 5.75 Å². The van der Waals surface area contributed by atoms with E-state index in [9.17, 15) is 5.26 Å². The first-order valence-corrected chi connectivity index (χ1v) is 16.1. The van der Waals surface area contributed by atoms with Crippen molar-refractivity contribution in [2.75, 3.05) is 28.4 Å². The van der Waals surface area contributed by atoms with Crippen molar-refractivity contribution in [3.05, 3.63) is 53.6 Å². The van der Waals surface area contributed by atoms with Gasteiger partial charge in [-0.25, -0.2) is 0 Å². The van der Waals surface area contributed by atoms with E-state index < -0.39 is 5.41 Å². The normalized spacial score (nSPS) is 13.4. The highest BCUT2D eigenvalue weighted by atomic mass is 16.5. The summed E-state index contributed by atoms with van der Waals surface area (Å²) in [4.78, 5) is 0. The monoisotopic (exact) mass is 577 g/mol. The molecule has 2 aromatic carbocycles. The Morgan fingerprint density at radius 1 is 0.762 bits per heavy atom. The predicted molar refractivity (Wildman–Crippen MR) is 173 cm³/mol. The van der Waals surface area contributed by atoms with Crippen molar-refractivity contribution < 1.29 is 14.2 Å². The number of hydrogen-bond acceptors (Lipinski definition) is 6. The van der Waals surface area contributed by atoms with Crippen molar-refractivity contribution >= 4 is 0 Å². The van der Waals surface area contributed by atoms with Crippen LogP contribution in [0.5, 0.6) is 17.2 Å². The van der Waals surface area contributed by atoms with Gasteiger partial charge in [0.05, 0.1) is 38.9 Å². The summed E-state index contributed by atoms with van der Waals surface area (Å²) in [6, 6.07) is 17.1. The van der Waals surface area contributed by atoms with Gasteiger partial charge in [-0.2, -0.15) is 15.5 Å². The quantitative estimate of drug-likeness (QED) is 0.0972. The summed E-state index contributed by atoms with van der Waals surface area (Å²) in [5, 5.41) is 19.3. The second kappa shape index (κ2) is 20.8. The zero-order valence-electron chi connectivity index (χ0n) is 27.0. The number of hydrogen-bond donors (Lipinski definition) is 0. The predicted octanol–water partition coefficient (Wildman–Crippen LogP) is 10.0. The molecule has 2 unspecified atom stereocenters. The van der Waals surface area contributed by atoms with Gasteiger partial charge in [0.2, 0.25) is 0 Å². The fourth-order valence-corrected chi connectivity index (χ4v) is 5.86. The van der Waals surface area contributed by atoms with Gasteiger partial charge in [0.25, 0.3) is 0 Å². The summed E-state index contributed by atoms with van der Waals surface area (Å²) in [5.74, 6) is 2.24. The number of nitriles is 1. The zero-order chi connectivity index (χ0) is 30.5. The van der Waals surface area contributed by atoms with E-state index in [-0.39, 0.29) is 6.04 Å². The lowest BCUT2D eigenvalue weighted by Crippen LogP contribution is -2.25. The molecule has 0 saturated carbocycles. The molecule has 0 aliphatic rings. The molecule has 2 atom stereocenters. The third kappa shape index (κ3) is 12.0. The molecule has 0 bridgehead atoms. The van der Waals surface area contributed by atoms with Crippen LogP contribution in [0.4, 0.5) is 0 Å². The number of nitrogens with zero attached hydrogens (tertiary/aromatic N) is 3. The van der Waals surface area contributed by atoms with E-state index in [1.807, 2.05) is 30.3 Å². The standard InChI is InChI=1S/C36H55N3O3/c1-6-7-8-9-10-11-12-13-14-15-25-36(29-37,31-22-24-34(41-4)35(28-31)42-5)26-17-19-32(39-38-2)23-21-30-18-16-20-33(27-30)40-3/h16,18,20,22,24,27-28,32H,6-15,17,19,21,23,25-26H2,1-5H3. The first-order chi connectivity index (χ1) is 20.5. The molecule has 42 heavy (non-hydrogen) atoms. The molecule has 0 saturated heterocycles. The van der Waals surface area contributed by atoms with Crippen LogP contribution in [0.3, 0.4) is 0 Å². The molecule has 0 aromatic heterocycles. The van der Waals surface area contributed by atoms with Crippen LogP contribution in [0, 0.1) is 11.3 Å². The molecule has 0 heterocycles. The molecular weight excluding hydrogens is 522 g/mol. The minimum Gasteiger partial charge on any atom is -0.497 e. The van der Waals surface area contributed by atoms with Crippen LogP contribution in [0.1, 0.15) is 114 Å². The Kier molecular flexibility index (Phi) is 17.4. The van der Waals surface area contributed by atoms with Crippen molar-refractivity contribution in [2.24, 2.45) is 10.2 Å². The Bertz CT molecular complexity index is 1080. The Morgan fingerprint density at radius 3 is 2.05 bits per heavy atom. The molecule has 2 aromatic rings. The number of unbranched alkanes of at least 4 members (excludes halogenated alkanes) is 9. The molecule has 0 aliphatic carbocycles. The smallest absolute Gasteiger partial charge is 0.161 e. The van der Waals surface area contributed by atoms with Crippen LogP contribution in [0.15, 0.2) is 52.7 Å². The Labute approximate surface area is 255 Å². The number of aryl methyl sites for hydroxylation is 1. The fraction of sp³-hybridized carbons (Fsp3) is 0.639. The van der Waals surface area contributed by atoms with Crippen LogP contribution >= 0.6 is 0 Å². The van der Waals surface area contributed by atoms with Gasteiger partial charge in [-0.15, -0.1) is 0 Å². The number of rotatable bonds is 23. The van der Waals surface area contributed by atoms with E-state index in [4.69, 9.17) is 14.2 Å². The maximum atomic E-state index is 10.7. The topological polar surface area (TPSA) is 76.2 Å². The van der Waals surface area contributed by atoms with Gasteiger partial charge in [-0.3, -0.25) is 0 Å². The van der Waals surface area contributed by atoms with Crippen LogP contribution in [-0.2, 0) is 11.8 Å². The van der Waals surface area contributed by atoms with Gasteiger partial charge >= 0.3 is 0 Å². The van der Waals surface area contributed by atoms with Crippen molar-refractivity contribution in [3.8, 4) is 23.3 Å². The van der Waals surface area contributed by atoms with Crippen LogP contribution in [-0.4, -0.2) is 34.4 Å². The lowest BCUT2D eigenvalue weighted by atomic mass is 9.73. The second-order valence-corrected chi connectivity index (χ2v) is 11.4. The summed E-state index contributed by atoms with van der Waals surface area (Å²) in [5.41, 5.74) is 1.69. The highest BCUT2D eigenvalue weighted by Gasteiger charge is 2.32. The van der Waals surface area contributed by atoms with Crippen molar-refractivity contribution in [1.82, 2.24) is 0 Å². The van der Waals surface area contributed by atoms with E-state index >= 15 is 0 Å². The first-order valence-electron chi connectivity index (χ1n) is 16.1. The van der Waals surface area contributed by atoms with E-state index in [1.165, 1.54) is 63.4 Å². The molecule has 0 fully saturated rings. The summed E-state index contributed by atoms with van der Waals surface area (Å²) in [6.07, 6.45) is 18.1. The lowest BCUT2D eigenvalue weighted by molar-refractivity contribution is 0.351. The van der Waals surface area contributed by atoms with E-state index in [2.05, 4.69) is 35.4 Å². The van der Waals surface area contributed by atoms with Gasteiger partial charge in [-0.05, 0) is 73.9 Å². The highest BCUT2D eigenvalue weighted by Crippen LogP contribution is 2.40. The van der Waals surface area contributed by atoms with Crippen LogP contribution in [0.2, 0.25) is 0 Å². The fourth-order valence-electron chi connectivity index (χ4n) is 5.86.